The second kappa shape index (κ2) is 13.6. The number of nitrogens with zero attached hydrogens (tertiary/aromatic N) is 1. The zero-order valence-corrected chi connectivity index (χ0v) is 32.8. The summed E-state index contributed by atoms with van der Waals surface area (Å²) in [5.41, 5.74) is 12.2. The van der Waals surface area contributed by atoms with Gasteiger partial charge < -0.3 is 9.32 Å². The summed E-state index contributed by atoms with van der Waals surface area (Å²) in [6.45, 7) is 0. The van der Waals surface area contributed by atoms with Crippen LogP contribution in [0.3, 0.4) is 0 Å². The number of hydrogen-bond acceptors (Lipinski definition) is 3. The first kappa shape index (κ1) is 33.7. The third-order valence-electron chi connectivity index (χ3n) is 11.9. The molecule has 2 nitrogen and oxygen atoms in total. The molecule has 0 amide bonds. The zero-order valence-electron chi connectivity index (χ0n) is 32.0. The van der Waals surface area contributed by atoms with Gasteiger partial charge in [-0.05, 0) is 104 Å². The Labute approximate surface area is 345 Å². The summed E-state index contributed by atoms with van der Waals surface area (Å²) in [6.07, 6.45) is 0. The van der Waals surface area contributed by atoms with E-state index in [4.69, 9.17) is 4.42 Å². The quantitative estimate of drug-likeness (QED) is 0.167. The highest BCUT2D eigenvalue weighted by molar-refractivity contribution is 7.25. The van der Waals surface area contributed by atoms with Crippen molar-refractivity contribution in [2.24, 2.45) is 0 Å². The lowest BCUT2D eigenvalue weighted by Crippen LogP contribution is -2.10. The van der Waals surface area contributed by atoms with Crippen LogP contribution in [-0.4, -0.2) is 0 Å². The Hall–Kier alpha value is -7.46. The smallest absolute Gasteiger partial charge is 0.143 e. The van der Waals surface area contributed by atoms with Crippen molar-refractivity contribution < 1.29 is 4.42 Å². The molecule has 10 aromatic carbocycles. The van der Waals surface area contributed by atoms with Crippen LogP contribution in [0.25, 0.3) is 97.0 Å². The van der Waals surface area contributed by atoms with E-state index in [0.29, 0.717) is 0 Å². The number of furan rings is 1. The normalized spacial score (nSPS) is 11.7. The number of rotatable bonds is 6. The van der Waals surface area contributed by atoms with E-state index < -0.39 is 0 Å². The zero-order chi connectivity index (χ0) is 38.9. The molecule has 0 aliphatic rings. The predicted molar refractivity (Wildman–Crippen MR) is 253 cm³/mol. The van der Waals surface area contributed by atoms with Crippen LogP contribution in [0.5, 0.6) is 0 Å². The Balaban J connectivity index is 0.957. The molecule has 0 N–H and O–H groups in total. The molecule has 0 aliphatic carbocycles. The highest BCUT2D eigenvalue weighted by atomic mass is 32.1. The third-order valence-corrected chi connectivity index (χ3v) is 13.0. The molecule has 0 unspecified atom stereocenters. The Bertz CT molecular complexity index is 3530. The molecule has 12 aromatic rings. The van der Waals surface area contributed by atoms with E-state index in [0.717, 1.165) is 44.4 Å². The van der Waals surface area contributed by atoms with E-state index in [1.165, 1.54) is 69.7 Å². The molecule has 0 saturated carbocycles. The van der Waals surface area contributed by atoms with Crippen molar-refractivity contribution in [3.05, 3.63) is 212 Å². The van der Waals surface area contributed by atoms with Crippen LogP contribution >= 0.6 is 11.3 Å². The molecule has 3 heteroatoms. The average Bonchev–Trinajstić information content (AvgIpc) is 3.88. The molecule has 0 saturated heterocycles. The van der Waals surface area contributed by atoms with Crippen molar-refractivity contribution in [2.75, 3.05) is 4.90 Å². The summed E-state index contributed by atoms with van der Waals surface area (Å²) in [5, 5.41) is 9.65. The highest BCUT2D eigenvalue weighted by Crippen LogP contribution is 2.45. The van der Waals surface area contributed by atoms with Crippen LogP contribution < -0.4 is 4.90 Å². The maximum Gasteiger partial charge on any atom is 0.143 e. The predicted octanol–water partition coefficient (Wildman–Crippen LogP) is 16.7. The van der Waals surface area contributed by atoms with Gasteiger partial charge >= 0.3 is 0 Å². The standard InChI is InChI=1S/C56H35NOS/c1-3-12-45-39(9-1)11-7-15-46(45)41-21-19-36(20-22-41)37-23-29-43(30-24-37)57(51-16-8-17-52-55(51)50-34-27-40-10-2-4-13-47(40)56(50)58-52)44-31-25-38(26-32-44)42-28-33-49-48-14-5-6-18-53(48)59-54(49)35-42/h1-35H. The Morgan fingerprint density at radius 2 is 0.898 bits per heavy atom. The van der Waals surface area contributed by atoms with E-state index in [1.807, 2.05) is 11.3 Å². The molecular formula is C56H35NOS. The lowest BCUT2D eigenvalue weighted by atomic mass is 9.96. The van der Waals surface area contributed by atoms with E-state index >= 15 is 0 Å². The van der Waals surface area contributed by atoms with Gasteiger partial charge in [-0.2, -0.15) is 0 Å². The molecule has 0 aliphatic heterocycles. The van der Waals surface area contributed by atoms with Crippen LogP contribution in [0.1, 0.15) is 0 Å². The van der Waals surface area contributed by atoms with Crippen molar-refractivity contribution in [2.45, 2.75) is 0 Å². The fraction of sp³-hybridized carbons (Fsp3) is 0. The van der Waals surface area contributed by atoms with Crippen LogP contribution in [-0.2, 0) is 0 Å². The number of anilines is 3. The second-order valence-electron chi connectivity index (χ2n) is 15.3. The van der Waals surface area contributed by atoms with Gasteiger partial charge in [-0.15, -0.1) is 11.3 Å². The van der Waals surface area contributed by atoms with Crippen LogP contribution in [0.4, 0.5) is 17.1 Å². The SMILES string of the molecule is c1ccc2c(-c3ccc(-c4ccc(N(c5ccc(-c6ccc7c(c6)sc6ccccc67)cc5)c5cccc6oc7c8ccccc8ccc7c56)cc4)cc3)cccc2c1. The van der Waals surface area contributed by atoms with E-state index in [1.54, 1.807) is 0 Å². The summed E-state index contributed by atoms with van der Waals surface area (Å²) in [5.74, 6) is 0. The summed E-state index contributed by atoms with van der Waals surface area (Å²) in [6, 6.07) is 76.9. The maximum atomic E-state index is 6.68. The molecule has 2 aromatic heterocycles. The van der Waals surface area contributed by atoms with E-state index in [9.17, 15) is 0 Å². The van der Waals surface area contributed by atoms with E-state index in [-0.39, 0.29) is 0 Å². The molecule has 0 radical (unpaired) electrons. The second-order valence-corrected chi connectivity index (χ2v) is 16.3. The molecule has 2 heterocycles. The van der Waals surface area contributed by atoms with Gasteiger partial charge in [0.2, 0.25) is 0 Å². The minimum atomic E-state index is 0.870. The van der Waals surface area contributed by atoms with Crippen LogP contribution in [0, 0.1) is 0 Å². The fourth-order valence-corrected chi connectivity index (χ4v) is 10.1. The summed E-state index contributed by atoms with van der Waals surface area (Å²) < 4.78 is 9.31. The van der Waals surface area contributed by atoms with Gasteiger partial charge in [0.25, 0.3) is 0 Å². The molecule has 59 heavy (non-hydrogen) atoms. The topological polar surface area (TPSA) is 16.4 Å². The van der Waals surface area contributed by atoms with Crippen LogP contribution in [0.15, 0.2) is 217 Å². The molecule has 0 fully saturated rings. The summed E-state index contributed by atoms with van der Waals surface area (Å²) in [4.78, 5) is 2.37. The van der Waals surface area contributed by atoms with Crippen molar-refractivity contribution >= 4 is 92.1 Å². The first-order valence-corrected chi connectivity index (χ1v) is 20.9. The van der Waals surface area contributed by atoms with Crippen molar-refractivity contribution in [1.29, 1.82) is 0 Å². The maximum absolute atomic E-state index is 6.68. The Morgan fingerprint density at radius 3 is 1.66 bits per heavy atom. The van der Waals surface area contributed by atoms with Crippen molar-refractivity contribution in [3.63, 3.8) is 0 Å². The van der Waals surface area contributed by atoms with Crippen molar-refractivity contribution in [1.82, 2.24) is 0 Å². The highest BCUT2D eigenvalue weighted by Gasteiger charge is 2.21. The van der Waals surface area contributed by atoms with Crippen LogP contribution in [0.2, 0.25) is 0 Å². The monoisotopic (exact) mass is 769 g/mol. The molecule has 12 rings (SSSR count). The lowest BCUT2D eigenvalue weighted by Gasteiger charge is -2.26. The molecule has 0 bridgehead atoms. The number of benzene rings is 10. The fourth-order valence-electron chi connectivity index (χ4n) is 8.98. The van der Waals surface area contributed by atoms with E-state index in [2.05, 4.69) is 217 Å². The van der Waals surface area contributed by atoms with Gasteiger partial charge in [0.05, 0.1) is 11.1 Å². The van der Waals surface area contributed by atoms with Gasteiger partial charge in [0, 0.05) is 42.3 Å². The average molecular weight is 770 g/mol. The Morgan fingerprint density at radius 1 is 0.356 bits per heavy atom. The number of hydrogen-bond donors (Lipinski definition) is 0. The Kier molecular flexibility index (Phi) is 7.75. The first-order chi connectivity index (χ1) is 29.2. The minimum Gasteiger partial charge on any atom is -0.455 e. The van der Waals surface area contributed by atoms with Gasteiger partial charge in [-0.1, -0.05) is 158 Å². The third kappa shape index (κ3) is 5.62. The van der Waals surface area contributed by atoms with Crippen molar-refractivity contribution in [3.8, 4) is 33.4 Å². The number of thiophene rings is 1. The molecule has 0 spiro atoms. The largest absolute Gasteiger partial charge is 0.455 e. The van der Waals surface area contributed by atoms with Gasteiger partial charge in [0.1, 0.15) is 11.2 Å². The van der Waals surface area contributed by atoms with Gasteiger partial charge in [0.15, 0.2) is 0 Å². The van der Waals surface area contributed by atoms with Gasteiger partial charge in [-0.3, -0.25) is 0 Å². The van der Waals surface area contributed by atoms with Gasteiger partial charge in [-0.25, -0.2) is 0 Å². The summed E-state index contributed by atoms with van der Waals surface area (Å²) >= 11 is 1.86. The first-order valence-electron chi connectivity index (χ1n) is 20.1. The molecular weight excluding hydrogens is 735 g/mol. The number of fused-ring (bicyclic) bond motifs is 9. The molecule has 276 valence electrons. The minimum absolute atomic E-state index is 0.870. The summed E-state index contributed by atoms with van der Waals surface area (Å²) in [7, 11) is 0. The lowest BCUT2D eigenvalue weighted by molar-refractivity contribution is 0.672. The molecule has 0 atom stereocenters.